The van der Waals surface area contributed by atoms with Crippen molar-refractivity contribution in [2.75, 3.05) is 0 Å². The molecule has 2 aromatic rings. The Hall–Kier alpha value is -2.75. The normalized spacial score (nSPS) is 27.1. The Balaban J connectivity index is 1.82. The second kappa shape index (κ2) is 8.89. The standard InChI is InChI=1S/C29H35NO3/c1-7-20-12-16(3)13-21(8-2)28(20)27-19(6)26-18(5)24(14-17(4)25(26)29(27)31)22-10-9-11-23(15-22)30(32)33/h9-13,15,17-18,24-26H,7-8,14H2,1-6H3/t17-,18?,24+,25-,26-/m0/s1. The molecule has 2 aliphatic rings. The summed E-state index contributed by atoms with van der Waals surface area (Å²) in [7, 11) is 0. The summed E-state index contributed by atoms with van der Waals surface area (Å²) in [6.45, 7) is 13.1. The van der Waals surface area contributed by atoms with Gasteiger partial charge in [0.1, 0.15) is 0 Å². The molecule has 0 bridgehead atoms. The largest absolute Gasteiger partial charge is 0.294 e. The van der Waals surface area contributed by atoms with Crippen molar-refractivity contribution in [1.29, 1.82) is 0 Å². The van der Waals surface area contributed by atoms with Gasteiger partial charge in [-0.05, 0) is 79.0 Å². The number of nitro benzene ring substituents is 1. The molecule has 2 aromatic carbocycles. The van der Waals surface area contributed by atoms with Gasteiger partial charge < -0.3 is 0 Å². The molecule has 0 aliphatic heterocycles. The predicted molar refractivity (Wildman–Crippen MR) is 133 cm³/mol. The fourth-order valence-electron chi connectivity index (χ4n) is 6.76. The summed E-state index contributed by atoms with van der Waals surface area (Å²) in [5, 5.41) is 11.4. The molecule has 0 amide bonds. The van der Waals surface area contributed by atoms with Gasteiger partial charge in [0.05, 0.1) is 4.92 Å². The number of nitrogens with zero attached hydrogens (tertiary/aromatic N) is 1. The summed E-state index contributed by atoms with van der Waals surface area (Å²) in [4.78, 5) is 25.0. The molecule has 1 saturated carbocycles. The third kappa shape index (κ3) is 3.84. The van der Waals surface area contributed by atoms with Crippen LogP contribution in [-0.4, -0.2) is 10.7 Å². The number of Topliss-reactive ketones (excluding diaryl/α,β-unsaturated/α-hetero) is 1. The molecule has 1 fully saturated rings. The zero-order valence-electron chi connectivity index (χ0n) is 20.6. The van der Waals surface area contributed by atoms with E-state index in [-0.39, 0.29) is 40.2 Å². The monoisotopic (exact) mass is 445 g/mol. The van der Waals surface area contributed by atoms with Crippen LogP contribution in [0.2, 0.25) is 0 Å². The van der Waals surface area contributed by atoms with Crippen LogP contribution in [0.4, 0.5) is 5.69 Å². The zero-order chi connectivity index (χ0) is 24.0. The minimum atomic E-state index is -0.318. The molecular formula is C29H35NO3. The summed E-state index contributed by atoms with van der Waals surface area (Å²) in [5.41, 5.74) is 8.30. The molecule has 5 atom stereocenters. The number of rotatable bonds is 5. The molecule has 0 N–H and O–H groups in total. The van der Waals surface area contributed by atoms with Crippen molar-refractivity contribution in [2.45, 2.75) is 66.7 Å². The van der Waals surface area contributed by atoms with Crippen LogP contribution in [0.15, 0.2) is 42.0 Å². The lowest BCUT2D eigenvalue weighted by atomic mass is 9.61. The molecule has 4 nitrogen and oxygen atoms in total. The molecule has 0 saturated heterocycles. The lowest BCUT2D eigenvalue weighted by molar-refractivity contribution is -0.384. The van der Waals surface area contributed by atoms with Crippen molar-refractivity contribution in [3.8, 4) is 0 Å². The number of non-ortho nitro benzene ring substituents is 1. The second-order valence-electron chi connectivity index (χ2n) is 10.2. The molecule has 174 valence electrons. The van der Waals surface area contributed by atoms with Crippen LogP contribution in [0.3, 0.4) is 0 Å². The van der Waals surface area contributed by atoms with Crippen LogP contribution in [0.1, 0.15) is 74.8 Å². The molecule has 0 heterocycles. The van der Waals surface area contributed by atoms with Crippen molar-refractivity contribution in [3.05, 3.63) is 79.9 Å². The highest BCUT2D eigenvalue weighted by Gasteiger charge is 2.51. The highest BCUT2D eigenvalue weighted by molar-refractivity contribution is 6.26. The van der Waals surface area contributed by atoms with Gasteiger partial charge in [-0.25, -0.2) is 0 Å². The first-order valence-corrected chi connectivity index (χ1v) is 12.3. The fraction of sp³-hybridized carbons (Fsp3) is 0.483. The summed E-state index contributed by atoms with van der Waals surface area (Å²) >= 11 is 0. The molecule has 33 heavy (non-hydrogen) atoms. The number of carbonyl (C=O) groups excluding carboxylic acids is 1. The van der Waals surface area contributed by atoms with Gasteiger partial charge in [0.2, 0.25) is 0 Å². The molecule has 4 rings (SSSR count). The Morgan fingerprint density at radius 2 is 1.64 bits per heavy atom. The van der Waals surface area contributed by atoms with E-state index in [0.717, 1.165) is 30.4 Å². The van der Waals surface area contributed by atoms with Gasteiger partial charge >= 0.3 is 0 Å². The number of nitro groups is 1. The number of aryl methyl sites for hydroxylation is 3. The average molecular weight is 446 g/mol. The summed E-state index contributed by atoms with van der Waals surface area (Å²) in [5.74, 6) is 1.17. The third-order valence-corrected chi connectivity index (χ3v) is 8.24. The first-order valence-electron chi connectivity index (χ1n) is 12.3. The van der Waals surface area contributed by atoms with E-state index in [1.807, 2.05) is 6.07 Å². The average Bonchev–Trinajstić information content (AvgIpc) is 3.06. The van der Waals surface area contributed by atoms with E-state index in [0.29, 0.717) is 5.78 Å². The summed E-state index contributed by atoms with van der Waals surface area (Å²) in [6, 6.07) is 11.6. The van der Waals surface area contributed by atoms with Crippen molar-refractivity contribution >= 4 is 17.0 Å². The number of ketones is 1. The molecule has 2 aliphatic carbocycles. The van der Waals surface area contributed by atoms with E-state index >= 15 is 0 Å². The first-order chi connectivity index (χ1) is 15.7. The Morgan fingerprint density at radius 3 is 2.21 bits per heavy atom. The number of hydrogen-bond donors (Lipinski definition) is 0. The summed E-state index contributed by atoms with van der Waals surface area (Å²) in [6.07, 6.45) is 2.70. The lowest BCUT2D eigenvalue weighted by Crippen LogP contribution is -2.38. The SMILES string of the molecule is CCc1cc(C)cc(CC)c1C1=C(C)[C@@H]2C(C)[C@H](c3cccc([N+](=O)[O-])c3)C[C@H](C)[C@@H]2C1=O. The number of benzene rings is 2. The van der Waals surface area contributed by atoms with Crippen molar-refractivity contribution in [1.82, 2.24) is 0 Å². The van der Waals surface area contributed by atoms with E-state index in [1.54, 1.807) is 18.2 Å². The third-order valence-electron chi connectivity index (χ3n) is 8.24. The summed E-state index contributed by atoms with van der Waals surface area (Å²) < 4.78 is 0. The quantitative estimate of drug-likeness (QED) is 0.365. The molecule has 1 unspecified atom stereocenters. The van der Waals surface area contributed by atoms with E-state index in [2.05, 4.69) is 53.7 Å². The number of carbonyl (C=O) groups is 1. The van der Waals surface area contributed by atoms with Crippen molar-refractivity contribution in [3.63, 3.8) is 0 Å². The van der Waals surface area contributed by atoms with E-state index in [4.69, 9.17) is 0 Å². The van der Waals surface area contributed by atoms with E-state index < -0.39 is 0 Å². The van der Waals surface area contributed by atoms with Crippen LogP contribution in [0.5, 0.6) is 0 Å². The fourth-order valence-corrected chi connectivity index (χ4v) is 6.76. The van der Waals surface area contributed by atoms with Gasteiger partial charge in [-0.3, -0.25) is 14.9 Å². The zero-order valence-corrected chi connectivity index (χ0v) is 20.6. The van der Waals surface area contributed by atoms with Gasteiger partial charge in [0.25, 0.3) is 5.69 Å². The van der Waals surface area contributed by atoms with Crippen LogP contribution in [-0.2, 0) is 17.6 Å². The molecule has 0 aromatic heterocycles. The molecule has 0 radical (unpaired) electrons. The van der Waals surface area contributed by atoms with Crippen molar-refractivity contribution in [2.24, 2.45) is 23.7 Å². The molecule has 0 spiro atoms. The maximum atomic E-state index is 14.0. The van der Waals surface area contributed by atoms with Gasteiger partial charge in [-0.2, -0.15) is 0 Å². The number of fused-ring (bicyclic) bond motifs is 1. The Kier molecular flexibility index (Phi) is 6.30. The lowest BCUT2D eigenvalue weighted by Gasteiger charge is -2.42. The van der Waals surface area contributed by atoms with Crippen LogP contribution in [0.25, 0.3) is 5.57 Å². The second-order valence-corrected chi connectivity index (χ2v) is 10.2. The van der Waals surface area contributed by atoms with Gasteiger partial charge in [-0.15, -0.1) is 0 Å². The van der Waals surface area contributed by atoms with Gasteiger partial charge in [-0.1, -0.05) is 63.1 Å². The number of hydrogen-bond acceptors (Lipinski definition) is 3. The van der Waals surface area contributed by atoms with Crippen LogP contribution >= 0.6 is 0 Å². The van der Waals surface area contributed by atoms with Gasteiger partial charge in [0, 0.05) is 23.6 Å². The topological polar surface area (TPSA) is 60.2 Å². The Morgan fingerprint density at radius 1 is 1.00 bits per heavy atom. The highest BCUT2D eigenvalue weighted by Crippen LogP contribution is 2.56. The maximum Gasteiger partial charge on any atom is 0.269 e. The van der Waals surface area contributed by atoms with E-state index in [9.17, 15) is 14.9 Å². The molecular weight excluding hydrogens is 410 g/mol. The minimum Gasteiger partial charge on any atom is -0.294 e. The Labute approximate surface area is 197 Å². The first kappa shape index (κ1) is 23.4. The van der Waals surface area contributed by atoms with Gasteiger partial charge in [0.15, 0.2) is 5.78 Å². The maximum absolute atomic E-state index is 14.0. The van der Waals surface area contributed by atoms with Crippen LogP contribution in [0, 0.1) is 40.7 Å². The van der Waals surface area contributed by atoms with Crippen molar-refractivity contribution < 1.29 is 9.72 Å². The van der Waals surface area contributed by atoms with Crippen LogP contribution < -0.4 is 0 Å². The molecule has 4 heteroatoms. The highest BCUT2D eigenvalue weighted by atomic mass is 16.6. The Bertz CT molecular complexity index is 1120. The smallest absolute Gasteiger partial charge is 0.269 e. The number of allylic oxidation sites excluding steroid dienone is 2. The predicted octanol–water partition coefficient (Wildman–Crippen LogP) is 7.08. The van der Waals surface area contributed by atoms with E-state index in [1.165, 1.54) is 27.8 Å². The minimum absolute atomic E-state index is 0.000614.